The van der Waals surface area contributed by atoms with Gasteiger partial charge in [0.25, 0.3) is 0 Å². The smallest absolute Gasteiger partial charge is 0.319 e. The molecule has 0 aliphatic heterocycles. The van der Waals surface area contributed by atoms with Gasteiger partial charge in [0.15, 0.2) is 13.0 Å². The van der Waals surface area contributed by atoms with Crippen molar-refractivity contribution in [1.29, 1.82) is 0 Å². The number of thioether (sulfide) groups is 1. The highest BCUT2D eigenvalue weighted by atomic mass is 32.2. The van der Waals surface area contributed by atoms with Crippen LogP contribution in [0.25, 0.3) is 16.5 Å². The van der Waals surface area contributed by atoms with E-state index in [0.29, 0.717) is 5.16 Å². The van der Waals surface area contributed by atoms with Crippen LogP contribution in [-0.2, 0) is 4.79 Å². The lowest BCUT2D eigenvalue weighted by Gasteiger charge is -2.19. The molecule has 0 radical (unpaired) electrons. The molecule has 5 nitrogen and oxygen atoms in total. The SMILES string of the molecule is Bc1nnc(SC(C)(C)C(=O)O)n1-c1cccc2ccccc12. The van der Waals surface area contributed by atoms with E-state index in [4.69, 9.17) is 0 Å². The Labute approximate surface area is 139 Å². The Morgan fingerprint density at radius 1 is 1.17 bits per heavy atom. The Morgan fingerprint density at radius 3 is 2.61 bits per heavy atom. The molecule has 23 heavy (non-hydrogen) atoms. The van der Waals surface area contributed by atoms with Crippen molar-refractivity contribution in [2.45, 2.75) is 23.8 Å². The monoisotopic (exact) mass is 325 g/mol. The molecule has 1 aromatic heterocycles. The van der Waals surface area contributed by atoms with Crippen molar-refractivity contribution in [1.82, 2.24) is 14.8 Å². The van der Waals surface area contributed by atoms with E-state index in [2.05, 4.69) is 10.2 Å². The van der Waals surface area contributed by atoms with Crippen molar-refractivity contribution < 1.29 is 9.90 Å². The fourth-order valence-electron chi connectivity index (χ4n) is 2.36. The first-order valence-corrected chi connectivity index (χ1v) is 8.04. The van der Waals surface area contributed by atoms with E-state index in [1.807, 2.05) is 54.9 Å². The number of nitrogens with zero attached hydrogens (tertiary/aromatic N) is 3. The molecule has 3 aromatic rings. The zero-order valence-corrected chi connectivity index (χ0v) is 14.0. The topological polar surface area (TPSA) is 68.0 Å². The standard InChI is InChI=1S/C16H16BN3O2S/c1-16(2,13(21)22)23-15-19-18-14(17)20(15)12-9-5-7-10-6-3-4-8-11(10)12/h3-9H,17H2,1-2H3,(H,21,22). The summed E-state index contributed by atoms with van der Waals surface area (Å²) in [7, 11) is 1.87. The van der Waals surface area contributed by atoms with E-state index in [1.54, 1.807) is 13.8 Å². The number of rotatable bonds is 4. The summed E-state index contributed by atoms with van der Waals surface area (Å²) in [6.07, 6.45) is 0. The fourth-order valence-corrected chi connectivity index (χ4v) is 3.31. The lowest BCUT2D eigenvalue weighted by Crippen LogP contribution is -2.28. The summed E-state index contributed by atoms with van der Waals surface area (Å²) >= 11 is 1.19. The number of benzene rings is 2. The zero-order valence-electron chi connectivity index (χ0n) is 13.1. The summed E-state index contributed by atoms with van der Waals surface area (Å²) in [4.78, 5) is 11.4. The molecule has 0 unspecified atom stereocenters. The summed E-state index contributed by atoms with van der Waals surface area (Å²) in [5.41, 5.74) is 1.68. The maximum atomic E-state index is 11.4. The first kappa shape index (κ1) is 15.6. The minimum absolute atomic E-state index is 0.575. The molecule has 3 rings (SSSR count). The lowest BCUT2D eigenvalue weighted by atomic mass is 10.1. The van der Waals surface area contributed by atoms with Crippen LogP contribution in [0.4, 0.5) is 0 Å². The number of hydrogen-bond donors (Lipinski definition) is 1. The lowest BCUT2D eigenvalue weighted by molar-refractivity contribution is -0.138. The highest BCUT2D eigenvalue weighted by Crippen LogP contribution is 2.33. The number of fused-ring (bicyclic) bond motifs is 1. The van der Waals surface area contributed by atoms with Gasteiger partial charge in [0.2, 0.25) is 0 Å². The Morgan fingerprint density at radius 2 is 1.87 bits per heavy atom. The molecule has 0 spiro atoms. The molecule has 1 N–H and O–H groups in total. The summed E-state index contributed by atoms with van der Waals surface area (Å²) < 4.78 is 0.930. The van der Waals surface area contributed by atoms with Crippen LogP contribution >= 0.6 is 11.8 Å². The second-order valence-electron chi connectivity index (χ2n) is 5.78. The van der Waals surface area contributed by atoms with Crippen LogP contribution in [-0.4, -0.2) is 38.4 Å². The summed E-state index contributed by atoms with van der Waals surface area (Å²) in [6, 6.07) is 14.1. The summed E-state index contributed by atoms with van der Waals surface area (Å²) in [5, 5.41) is 20.5. The van der Waals surface area contributed by atoms with Gasteiger partial charge >= 0.3 is 5.97 Å². The Balaban J connectivity index is 2.17. The largest absolute Gasteiger partial charge is 0.480 e. The molecule has 2 aromatic carbocycles. The molecule has 0 saturated heterocycles. The van der Waals surface area contributed by atoms with Gasteiger partial charge < -0.3 is 5.11 Å². The third-order valence-electron chi connectivity index (χ3n) is 3.66. The van der Waals surface area contributed by atoms with Crippen LogP contribution < -0.4 is 5.72 Å². The van der Waals surface area contributed by atoms with Gasteiger partial charge in [0.05, 0.1) is 11.4 Å². The molecule has 7 heteroatoms. The van der Waals surface area contributed by atoms with E-state index < -0.39 is 10.7 Å². The number of hydrogen-bond acceptors (Lipinski definition) is 4. The third kappa shape index (κ3) is 2.84. The Kier molecular flexibility index (Phi) is 3.89. The van der Waals surface area contributed by atoms with E-state index in [0.717, 1.165) is 22.2 Å². The second kappa shape index (κ2) is 5.74. The molecule has 0 bridgehead atoms. The minimum atomic E-state index is -0.984. The number of aromatic nitrogens is 3. The van der Waals surface area contributed by atoms with Gasteiger partial charge in [-0.05, 0) is 25.3 Å². The molecule has 0 aliphatic carbocycles. The number of carboxylic acid groups (broad SMARTS) is 1. The maximum absolute atomic E-state index is 11.4. The van der Waals surface area contributed by atoms with Crippen molar-refractivity contribution in [3.05, 3.63) is 42.5 Å². The predicted octanol–water partition coefficient (Wildman–Crippen LogP) is 1.63. The van der Waals surface area contributed by atoms with Crippen LogP contribution in [0.5, 0.6) is 0 Å². The zero-order chi connectivity index (χ0) is 16.6. The van der Waals surface area contributed by atoms with E-state index in [9.17, 15) is 9.90 Å². The number of carbonyl (C=O) groups is 1. The van der Waals surface area contributed by atoms with E-state index in [-0.39, 0.29) is 0 Å². The van der Waals surface area contributed by atoms with E-state index >= 15 is 0 Å². The fraction of sp³-hybridized carbons (Fsp3) is 0.188. The van der Waals surface area contributed by atoms with Crippen molar-refractivity contribution >= 4 is 42.1 Å². The molecule has 116 valence electrons. The third-order valence-corrected chi connectivity index (χ3v) is 4.80. The molecular weight excluding hydrogens is 309 g/mol. The molecular formula is C16H16BN3O2S. The van der Waals surface area contributed by atoms with Crippen LogP contribution in [0.2, 0.25) is 0 Å². The summed E-state index contributed by atoms with van der Waals surface area (Å²) in [6.45, 7) is 3.33. The van der Waals surface area contributed by atoms with Crippen molar-refractivity contribution in [2.75, 3.05) is 0 Å². The summed E-state index contributed by atoms with van der Waals surface area (Å²) in [5.74, 6) is -0.882. The number of aliphatic carboxylic acids is 1. The van der Waals surface area contributed by atoms with Crippen molar-refractivity contribution in [3.63, 3.8) is 0 Å². The molecule has 0 atom stereocenters. The van der Waals surface area contributed by atoms with Gasteiger partial charge in [-0.3, -0.25) is 9.36 Å². The maximum Gasteiger partial charge on any atom is 0.319 e. The van der Waals surface area contributed by atoms with E-state index in [1.165, 1.54) is 11.8 Å². The average molecular weight is 325 g/mol. The molecule has 0 aliphatic rings. The van der Waals surface area contributed by atoms with Gasteiger partial charge in [-0.1, -0.05) is 48.2 Å². The molecule has 1 heterocycles. The van der Waals surface area contributed by atoms with Crippen LogP contribution in [0.1, 0.15) is 13.8 Å². The van der Waals surface area contributed by atoms with Gasteiger partial charge in [-0.2, -0.15) is 0 Å². The molecule has 0 amide bonds. The van der Waals surface area contributed by atoms with Crippen LogP contribution in [0.15, 0.2) is 47.6 Å². The van der Waals surface area contributed by atoms with Gasteiger partial charge in [-0.15, -0.1) is 10.2 Å². The highest BCUT2D eigenvalue weighted by Gasteiger charge is 2.31. The van der Waals surface area contributed by atoms with Crippen molar-refractivity contribution in [3.8, 4) is 5.69 Å². The van der Waals surface area contributed by atoms with Crippen LogP contribution in [0, 0.1) is 0 Å². The van der Waals surface area contributed by atoms with Gasteiger partial charge in [-0.25, -0.2) is 0 Å². The quantitative estimate of drug-likeness (QED) is 0.583. The normalized spacial score (nSPS) is 11.7. The first-order valence-electron chi connectivity index (χ1n) is 7.23. The molecule has 0 saturated carbocycles. The first-order chi connectivity index (χ1) is 10.9. The molecule has 0 fully saturated rings. The van der Waals surface area contributed by atoms with Gasteiger partial charge in [0.1, 0.15) is 4.75 Å². The highest BCUT2D eigenvalue weighted by molar-refractivity contribution is 8.01. The number of carboxylic acids is 1. The average Bonchev–Trinajstić information content (AvgIpc) is 2.86. The minimum Gasteiger partial charge on any atom is -0.480 e. The Hall–Kier alpha value is -2.28. The van der Waals surface area contributed by atoms with Gasteiger partial charge in [0, 0.05) is 5.39 Å². The van der Waals surface area contributed by atoms with Crippen molar-refractivity contribution in [2.24, 2.45) is 0 Å². The predicted molar refractivity (Wildman–Crippen MR) is 94.6 cm³/mol. The van der Waals surface area contributed by atoms with Crippen LogP contribution in [0.3, 0.4) is 0 Å². The second-order valence-corrected chi connectivity index (χ2v) is 7.37. The Bertz CT molecular complexity index is 887.